The predicted molar refractivity (Wildman–Crippen MR) is 80.5 cm³/mol. The van der Waals surface area contributed by atoms with Gasteiger partial charge < -0.3 is 0 Å². The van der Waals surface area contributed by atoms with Gasteiger partial charge in [0.15, 0.2) is 0 Å². The van der Waals surface area contributed by atoms with Crippen LogP contribution in [0, 0.1) is 11.8 Å². The molecule has 0 saturated heterocycles. The van der Waals surface area contributed by atoms with Crippen LogP contribution in [0.4, 0.5) is 0 Å². The van der Waals surface area contributed by atoms with E-state index in [1.165, 1.54) is 0 Å². The first-order valence-corrected chi connectivity index (χ1v) is 10.5. The van der Waals surface area contributed by atoms with Gasteiger partial charge in [0.25, 0.3) is 0 Å². The molecule has 0 heterocycles. The second kappa shape index (κ2) is 5.17. The van der Waals surface area contributed by atoms with Crippen LogP contribution in [0.15, 0.2) is 41.8 Å². The molecule has 0 aromatic heterocycles. The van der Waals surface area contributed by atoms with Crippen LogP contribution in [0.3, 0.4) is 0 Å². The average molecular weight is 308 g/mol. The van der Waals surface area contributed by atoms with E-state index in [0.717, 1.165) is 0 Å². The van der Waals surface area contributed by atoms with Crippen molar-refractivity contribution in [3.8, 4) is 0 Å². The third-order valence-corrected chi connectivity index (χ3v) is 12.4. The van der Waals surface area contributed by atoms with Crippen LogP contribution in [0.2, 0.25) is 0 Å². The van der Waals surface area contributed by atoms with Crippen molar-refractivity contribution in [1.29, 1.82) is 0 Å². The van der Waals surface area contributed by atoms with E-state index >= 15 is 0 Å². The number of hydrogen-bond acceptors (Lipinski definition) is 0. The van der Waals surface area contributed by atoms with Gasteiger partial charge in [-0.1, -0.05) is 0 Å². The van der Waals surface area contributed by atoms with Crippen molar-refractivity contribution in [2.45, 2.75) is 55.4 Å². The average Bonchev–Trinajstić information content (AvgIpc) is 2.68. The minimum atomic E-state index is -0.783. The van der Waals surface area contributed by atoms with Gasteiger partial charge in [-0.05, 0) is 0 Å². The summed E-state index contributed by atoms with van der Waals surface area (Å²) in [5.74, 6) is 1.43. The van der Waals surface area contributed by atoms with Gasteiger partial charge >= 0.3 is 126 Å². The normalized spacial score (nSPS) is 28.0. The molecule has 0 N–H and O–H groups in total. The van der Waals surface area contributed by atoms with E-state index in [0.29, 0.717) is 11.8 Å². The Labute approximate surface area is 126 Å². The standard InChI is InChI=1S/2C9H13.Zn/c2*1-6-5-7(2)9(4)8(6)3;/h2*6H,1-4H3;. The predicted octanol–water partition coefficient (Wildman–Crippen LogP) is 5.59. The van der Waals surface area contributed by atoms with Gasteiger partial charge in [0.05, 0.1) is 0 Å². The molecule has 100 valence electrons. The third-order valence-electron chi connectivity index (χ3n) is 6.00. The summed E-state index contributed by atoms with van der Waals surface area (Å²) in [4.78, 5) is 0. The Morgan fingerprint density at radius 1 is 0.579 bits per heavy atom. The maximum atomic E-state index is 2.42. The molecule has 0 aromatic rings. The number of rotatable bonds is 2. The summed E-state index contributed by atoms with van der Waals surface area (Å²) >= 11 is -0.783. The summed E-state index contributed by atoms with van der Waals surface area (Å²) < 4.78 is 3.68. The first-order chi connectivity index (χ1) is 8.77. The zero-order chi connectivity index (χ0) is 14.5. The molecule has 0 amide bonds. The molecular formula is C18H26Zn. The maximum absolute atomic E-state index is 2.42. The zero-order valence-electron chi connectivity index (χ0n) is 13.9. The molecule has 2 unspecified atom stereocenters. The quantitative estimate of drug-likeness (QED) is 0.583. The Hall–Kier alpha value is -0.417. The van der Waals surface area contributed by atoms with E-state index in [1.807, 2.05) is 8.33 Å². The monoisotopic (exact) mass is 306 g/mol. The summed E-state index contributed by atoms with van der Waals surface area (Å²) in [6.45, 7) is 18.8. The Morgan fingerprint density at radius 2 is 0.895 bits per heavy atom. The molecule has 2 atom stereocenters. The van der Waals surface area contributed by atoms with Crippen LogP contribution in [0.5, 0.6) is 0 Å². The summed E-state index contributed by atoms with van der Waals surface area (Å²) in [5, 5.41) is 0. The van der Waals surface area contributed by atoms with Crippen molar-refractivity contribution >= 4 is 0 Å². The van der Waals surface area contributed by atoms with Crippen LogP contribution < -0.4 is 0 Å². The summed E-state index contributed by atoms with van der Waals surface area (Å²) in [6.07, 6.45) is 0. The molecule has 1 heteroatoms. The van der Waals surface area contributed by atoms with Gasteiger partial charge in [-0.25, -0.2) is 0 Å². The summed E-state index contributed by atoms with van der Waals surface area (Å²) in [7, 11) is 0. The van der Waals surface area contributed by atoms with E-state index in [2.05, 4.69) is 55.4 Å². The molecule has 0 aliphatic heterocycles. The molecular weight excluding hydrogens is 282 g/mol. The van der Waals surface area contributed by atoms with Crippen LogP contribution in [0.25, 0.3) is 0 Å². The molecule has 0 radical (unpaired) electrons. The molecule has 19 heavy (non-hydrogen) atoms. The van der Waals surface area contributed by atoms with Gasteiger partial charge in [-0.3, -0.25) is 0 Å². The number of allylic oxidation sites excluding steroid dienone is 8. The molecule has 0 nitrogen and oxygen atoms in total. The van der Waals surface area contributed by atoms with E-state index in [9.17, 15) is 0 Å². The molecule has 0 bridgehead atoms. The van der Waals surface area contributed by atoms with Gasteiger partial charge in [-0.2, -0.15) is 0 Å². The van der Waals surface area contributed by atoms with E-state index in [4.69, 9.17) is 0 Å². The summed E-state index contributed by atoms with van der Waals surface area (Å²) in [5.41, 5.74) is 9.61. The molecule has 2 rings (SSSR count). The Balaban J connectivity index is 2.32. The van der Waals surface area contributed by atoms with Crippen LogP contribution in [0.1, 0.15) is 55.4 Å². The van der Waals surface area contributed by atoms with Gasteiger partial charge in [0.1, 0.15) is 0 Å². The van der Waals surface area contributed by atoms with E-state index in [1.54, 1.807) is 33.4 Å². The molecule has 2 aliphatic carbocycles. The minimum absolute atomic E-state index is 0.716. The molecule has 0 saturated carbocycles. The molecule has 0 aromatic carbocycles. The van der Waals surface area contributed by atoms with E-state index < -0.39 is 17.1 Å². The first-order valence-electron chi connectivity index (χ1n) is 7.52. The Kier molecular flexibility index (Phi) is 4.08. The molecule has 2 aliphatic rings. The number of hydrogen-bond donors (Lipinski definition) is 0. The van der Waals surface area contributed by atoms with Crippen molar-refractivity contribution in [2.75, 3.05) is 0 Å². The van der Waals surface area contributed by atoms with Gasteiger partial charge in [0.2, 0.25) is 0 Å². The Bertz CT molecular complexity index is 502. The van der Waals surface area contributed by atoms with Crippen molar-refractivity contribution in [3.05, 3.63) is 41.8 Å². The second-order valence-corrected chi connectivity index (χ2v) is 10.5. The first kappa shape index (κ1) is 15.0. The SMILES string of the molecule is CC1=C(C)C(C)[C]([Zn][C]2=C(C)C(C)=C(C)C2C)=C1C. The Morgan fingerprint density at radius 3 is 1.11 bits per heavy atom. The van der Waals surface area contributed by atoms with Crippen LogP contribution in [-0.4, -0.2) is 0 Å². The summed E-state index contributed by atoms with van der Waals surface area (Å²) in [6, 6.07) is 0. The third kappa shape index (κ3) is 2.25. The van der Waals surface area contributed by atoms with Crippen LogP contribution >= 0.6 is 0 Å². The topological polar surface area (TPSA) is 0 Å². The van der Waals surface area contributed by atoms with E-state index in [-0.39, 0.29) is 0 Å². The van der Waals surface area contributed by atoms with Crippen LogP contribution in [-0.2, 0) is 17.1 Å². The molecule has 0 spiro atoms. The second-order valence-electron chi connectivity index (χ2n) is 6.54. The fourth-order valence-corrected chi connectivity index (χ4v) is 9.33. The fraction of sp³-hybridized carbons (Fsp3) is 0.556. The van der Waals surface area contributed by atoms with Crippen molar-refractivity contribution in [1.82, 2.24) is 0 Å². The zero-order valence-corrected chi connectivity index (χ0v) is 16.8. The van der Waals surface area contributed by atoms with Gasteiger partial charge in [-0.15, -0.1) is 0 Å². The molecule has 0 fully saturated rings. The van der Waals surface area contributed by atoms with Crippen molar-refractivity contribution in [2.24, 2.45) is 11.8 Å². The van der Waals surface area contributed by atoms with Crippen molar-refractivity contribution < 1.29 is 17.1 Å². The van der Waals surface area contributed by atoms with Gasteiger partial charge in [0, 0.05) is 0 Å². The van der Waals surface area contributed by atoms with Crippen molar-refractivity contribution in [3.63, 3.8) is 0 Å². The fourth-order valence-electron chi connectivity index (χ4n) is 3.67.